The zero-order valence-corrected chi connectivity index (χ0v) is 11.8. The van der Waals surface area contributed by atoms with Gasteiger partial charge in [-0.2, -0.15) is 5.26 Å². The summed E-state index contributed by atoms with van der Waals surface area (Å²) < 4.78 is 0. The largest absolute Gasteiger partial charge is 0.198 e. The lowest BCUT2D eigenvalue weighted by Crippen LogP contribution is -2.11. The summed E-state index contributed by atoms with van der Waals surface area (Å²) in [7, 11) is 0. The SMILES string of the molecule is N#CCC1CCCCCC1c1ccc(Cl)c(Cl)c1. The Labute approximate surface area is 119 Å². The minimum absolute atomic E-state index is 0.460. The lowest BCUT2D eigenvalue weighted by Gasteiger charge is -2.23. The Morgan fingerprint density at radius 1 is 1.11 bits per heavy atom. The van der Waals surface area contributed by atoms with Crippen LogP contribution in [-0.4, -0.2) is 0 Å². The van der Waals surface area contributed by atoms with Crippen molar-refractivity contribution in [2.24, 2.45) is 5.92 Å². The summed E-state index contributed by atoms with van der Waals surface area (Å²) in [6.45, 7) is 0. The first-order chi connectivity index (χ1) is 8.72. The van der Waals surface area contributed by atoms with Crippen LogP contribution >= 0.6 is 23.2 Å². The first kappa shape index (κ1) is 13.7. The van der Waals surface area contributed by atoms with Crippen molar-refractivity contribution in [2.75, 3.05) is 0 Å². The second kappa shape index (κ2) is 6.45. The molecule has 96 valence electrons. The van der Waals surface area contributed by atoms with Crippen molar-refractivity contribution < 1.29 is 0 Å². The van der Waals surface area contributed by atoms with Gasteiger partial charge in [0.05, 0.1) is 16.1 Å². The van der Waals surface area contributed by atoms with Crippen molar-refractivity contribution in [1.82, 2.24) is 0 Å². The van der Waals surface area contributed by atoms with E-state index in [9.17, 15) is 0 Å². The highest BCUT2D eigenvalue weighted by Crippen LogP contribution is 2.39. The summed E-state index contributed by atoms with van der Waals surface area (Å²) in [5.74, 6) is 0.927. The van der Waals surface area contributed by atoms with Gasteiger partial charge in [-0.3, -0.25) is 0 Å². The van der Waals surface area contributed by atoms with Crippen LogP contribution in [0.15, 0.2) is 18.2 Å². The molecular weight excluding hydrogens is 265 g/mol. The van der Waals surface area contributed by atoms with Crippen LogP contribution in [0.1, 0.15) is 50.0 Å². The molecule has 0 saturated heterocycles. The van der Waals surface area contributed by atoms with Crippen LogP contribution in [0.2, 0.25) is 10.0 Å². The van der Waals surface area contributed by atoms with Crippen LogP contribution < -0.4 is 0 Å². The molecule has 1 aliphatic carbocycles. The van der Waals surface area contributed by atoms with Crippen molar-refractivity contribution in [2.45, 2.75) is 44.4 Å². The summed E-state index contributed by atoms with van der Waals surface area (Å²) in [4.78, 5) is 0. The van der Waals surface area contributed by atoms with E-state index in [1.54, 1.807) is 0 Å². The van der Waals surface area contributed by atoms with Crippen LogP contribution in [0.5, 0.6) is 0 Å². The monoisotopic (exact) mass is 281 g/mol. The predicted molar refractivity (Wildman–Crippen MR) is 76.0 cm³/mol. The third-order valence-corrected chi connectivity index (χ3v) is 4.62. The van der Waals surface area contributed by atoms with Crippen molar-refractivity contribution in [3.63, 3.8) is 0 Å². The van der Waals surface area contributed by atoms with Gasteiger partial charge in [0.2, 0.25) is 0 Å². The Morgan fingerprint density at radius 2 is 1.89 bits per heavy atom. The minimum Gasteiger partial charge on any atom is -0.198 e. The molecule has 0 bridgehead atoms. The highest BCUT2D eigenvalue weighted by molar-refractivity contribution is 6.42. The van der Waals surface area contributed by atoms with Crippen LogP contribution in [-0.2, 0) is 0 Å². The molecule has 0 N–H and O–H groups in total. The van der Waals surface area contributed by atoms with Gasteiger partial charge in [-0.1, -0.05) is 48.5 Å². The van der Waals surface area contributed by atoms with Crippen molar-refractivity contribution in [3.05, 3.63) is 33.8 Å². The van der Waals surface area contributed by atoms with Crippen molar-refractivity contribution >= 4 is 23.2 Å². The van der Waals surface area contributed by atoms with Crippen LogP contribution in [0.3, 0.4) is 0 Å². The second-order valence-electron chi connectivity index (χ2n) is 5.04. The molecule has 1 fully saturated rings. The zero-order chi connectivity index (χ0) is 13.0. The molecule has 0 spiro atoms. The number of nitrogens with zero attached hydrogens (tertiary/aromatic N) is 1. The quantitative estimate of drug-likeness (QED) is 0.650. The standard InChI is InChI=1S/C15H17Cl2N/c16-14-7-6-12(10-15(14)17)13-5-3-1-2-4-11(13)8-9-18/h6-7,10-11,13H,1-5,8H2. The molecule has 0 aliphatic heterocycles. The summed E-state index contributed by atoms with van der Waals surface area (Å²) >= 11 is 12.1. The van der Waals surface area contributed by atoms with E-state index in [1.165, 1.54) is 24.8 Å². The molecule has 1 aromatic rings. The molecule has 0 aromatic heterocycles. The molecule has 1 saturated carbocycles. The van der Waals surface area contributed by atoms with E-state index >= 15 is 0 Å². The number of hydrogen-bond acceptors (Lipinski definition) is 1. The maximum atomic E-state index is 8.98. The molecule has 2 rings (SSSR count). The molecule has 2 unspecified atom stereocenters. The number of benzene rings is 1. The van der Waals surface area contributed by atoms with E-state index in [0.717, 1.165) is 12.8 Å². The lowest BCUT2D eigenvalue weighted by molar-refractivity contribution is 0.406. The Morgan fingerprint density at radius 3 is 2.61 bits per heavy atom. The van der Waals surface area contributed by atoms with Gasteiger partial charge < -0.3 is 0 Å². The smallest absolute Gasteiger partial charge is 0.0624 e. The summed E-state index contributed by atoms with van der Waals surface area (Å²) in [5, 5.41) is 10.2. The van der Waals surface area contributed by atoms with Gasteiger partial charge in [-0.05, 0) is 42.4 Å². The molecule has 0 amide bonds. The van der Waals surface area contributed by atoms with Gasteiger partial charge in [-0.25, -0.2) is 0 Å². The highest BCUT2D eigenvalue weighted by Gasteiger charge is 2.25. The van der Waals surface area contributed by atoms with E-state index in [1.807, 2.05) is 12.1 Å². The number of rotatable bonds is 2. The summed E-state index contributed by atoms with van der Waals surface area (Å²) in [6.07, 6.45) is 6.71. The topological polar surface area (TPSA) is 23.8 Å². The van der Waals surface area contributed by atoms with Crippen molar-refractivity contribution in [1.29, 1.82) is 5.26 Å². The second-order valence-corrected chi connectivity index (χ2v) is 5.85. The highest BCUT2D eigenvalue weighted by atomic mass is 35.5. The zero-order valence-electron chi connectivity index (χ0n) is 10.3. The number of nitriles is 1. The summed E-state index contributed by atoms with van der Waals surface area (Å²) in [6, 6.07) is 8.24. The number of hydrogen-bond donors (Lipinski definition) is 0. The average molecular weight is 282 g/mol. The van der Waals surface area contributed by atoms with Gasteiger partial charge in [0.15, 0.2) is 0 Å². The molecule has 3 heteroatoms. The van der Waals surface area contributed by atoms with Gasteiger partial charge in [-0.15, -0.1) is 0 Å². The molecule has 1 nitrogen and oxygen atoms in total. The molecular formula is C15H17Cl2N. The van der Waals surface area contributed by atoms with E-state index in [2.05, 4.69) is 12.1 Å². The van der Waals surface area contributed by atoms with E-state index in [4.69, 9.17) is 28.5 Å². The van der Waals surface area contributed by atoms with Crippen LogP contribution in [0, 0.1) is 17.2 Å². The fourth-order valence-electron chi connectivity index (χ4n) is 2.93. The van der Waals surface area contributed by atoms with E-state index < -0.39 is 0 Å². The molecule has 2 atom stereocenters. The molecule has 0 heterocycles. The first-order valence-corrected chi connectivity index (χ1v) is 7.30. The lowest BCUT2D eigenvalue weighted by atomic mass is 9.81. The maximum absolute atomic E-state index is 8.98. The third-order valence-electron chi connectivity index (χ3n) is 3.88. The first-order valence-electron chi connectivity index (χ1n) is 6.54. The molecule has 1 aliphatic rings. The van der Waals surface area contributed by atoms with Gasteiger partial charge in [0.25, 0.3) is 0 Å². The van der Waals surface area contributed by atoms with Crippen LogP contribution in [0.25, 0.3) is 0 Å². The minimum atomic E-state index is 0.460. The van der Waals surface area contributed by atoms with Gasteiger partial charge in [0, 0.05) is 6.42 Å². The average Bonchev–Trinajstić information content (AvgIpc) is 2.59. The predicted octanol–water partition coefficient (Wildman–Crippen LogP) is 5.57. The van der Waals surface area contributed by atoms with E-state index in [0.29, 0.717) is 28.3 Å². The van der Waals surface area contributed by atoms with Gasteiger partial charge >= 0.3 is 0 Å². The fraction of sp³-hybridized carbons (Fsp3) is 0.533. The molecule has 18 heavy (non-hydrogen) atoms. The van der Waals surface area contributed by atoms with Crippen molar-refractivity contribution in [3.8, 4) is 6.07 Å². The fourth-order valence-corrected chi connectivity index (χ4v) is 3.23. The molecule has 0 radical (unpaired) electrons. The number of halogens is 2. The molecule has 1 aromatic carbocycles. The Kier molecular flexibility index (Phi) is 4.92. The van der Waals surface area contributed by atoms with Crippen LogP contribution in [0.4, 0.5) is 0 Å². The Bertz CT molecular complexity index is 450. The third kappa shape index (κ3) is 3.19. The van der Waals surface area contributed by atoms with Gasteiger partial charge in [0.1, 0.15) is 0 Å². The normalized spacial score (nSPS) is 24.3. The van der Waals surface area contributed by atoms with E-state index in [-0.39, 0.29) is 0 Å². The maximum Gasteiger partial charge on any atom is 0.0624 e. The Hall–Kier alpha value is -0.710. The Balaban J connectivity index is 2.26. The summed E-state index contributed by atoms with van der Waals surface area (Å²) in [5.41, 5.74) is 1.24.